The van der Waals surface area contributed by atoms with Crippen LogP contribution in [0.1, 0.15) is 37.9 Å². The Balaban J connectivity index is 1.59. The second-order valence-corrected chi connectivity index (χ2v) is 6.11. The summed E-state index contributed by atoms with van der Waals surface area (Å²) in [7, 11) is 0. The molecule has 1 amide bonds. The van der Waals surface area contributed by atoms with Gasteiger partial charge in [-0.1, -0.05) is 19.3 Å². The molecule has 3 rings (SSSR count). The maximum atomic E-state index is 13.2. The van der Waals surface area contributed by atoms with E-state index in [1.807, 2.05) is 0 Å². The normalized spacial score (nSPS) is 16.9. The van der Waals surface area contributed by atoms with Crippen LogP contribution in [0.15, 0.2) is 18.2 Å². The molecule has 0 spiro atoms. The Hall–Kier alpha value is -2.42. The van der Waals surface area contributed by atoms with Crippen molar-refractivity contribution in [2.45, 2.75) is 38.5 Å². The number of H-pyrrole nitrogens is 1. The molecule has 0 radical (unpaired) electrons. The van der Waals surface area contributed by atoms with Gasteiger partial charge in [-0.25, -0.2) is 9.37 Å². The Morgan fingerprint density at radius 3 is 2.91 bits per heavy atom. The number of aromatic nitrogens is 2. The first-order valence-corrected chi connectivity index (χ1v) is 7.97. The highest BCUT2D eigenvalue weighted by Gasteiger charge is 2.39. The van der Waals surface area contributed by atoms with Gasteiger partial charge in [0.25, 0.3) is 0 Å². The molecule has 0 atom stereocenters. The molecule has 2 N–H and O–H groups in total. The number of fused-ring (bicyclic) bond motifs is 1. The van der Waals surface area contributed by atoms with Crippen molar-refractivity contribution in [3.05, 3.63) is 29.8 Å². The number of benzene rings is 1. The Morgan fingerprint density at radius 2 is 2.17 bits per heavy atom. The predicted octanol–water partition coefficient (Wildman–Crippen LogP) is 2.83. The fraction of sp³-hybridized carbons (Fsp3) is 0.471. The summed E-state index contributed by atoms with van der Waals surface area (Å²) < 4.78 is 13.2. The lowest BCUT2D eigenvalue weighted by Gasteiger charge is -2.29. The summed E-state index contributed by atoms with van der Waals surface area (Å²) in [5.74, 6) is 0.205. The summed E-state index contributed by atoms with van der Waals surface area (Å²) >= 11 is 0. The highest BCUT2D eigenvalue weighted by molar-refractivity contribution is 5.85. The van der Waals surface area contributed by atoms with Gasteiger partial charge in [-0.3, -0.25) is 4.79 Å². The van der Waals surface area contributed by atoms with Gasteiger partial charge in [-0.2, -0.15) is 5.26 Å². The van der Waals surface area contributed by atoms with E-state index in [4.69, 9.17) is 0 Å². The number of carbonyl (C=O) groups is 1. The highest BCUT2D eigenvalue weighted by atomic mass is 19.1. The number of amides is 1. The van der Waals surface area contributed by atoms with Crippen LogP contribution in [0.5, 0.6) is 0 Å². The molecule has 1 aromatic heterocycles. The van der Waals surface area contributed by atoms with Crippen LogP contribution in [0.2, 0.25) is 0 Å². The van der Waals surface area contributed by atoms with E-state index in [-0.39, 0.29) is 11.7 Å². The van der Waals surface area contributed by atoms with Crippen LogP contribution in [0.25, 0.3) is 11.0 Å². The zero-order valence-electron chi connectivity index (χ0n) is 12.9. The molecule has 23 heavy (non-hydrogen) atoms. The Labute approximate surface area is 133 Å². The lowest BCUT2D eigenvalue weighted by Crippen LogP contribution is -2.42. The molecule has 1 saturated carbocycles. The van der Waals surface area contributed by atoms with Gasteiger partial charge in [-0.05, 0) is 31.0 Å². The van der Waals surface area contributed by atoms with Crippen LogP contribution >= 0.6 is 0 Å². The molecule has 1 fully saturated rings. The van der Waals surface area contributed by atoms with Crippen molar-refractivity contribution in [2.75, 3.05) is 6.54 Å². The molecule has 1 aliphatic carbocycles. The zero-order chi connectivity index (χ0) is 16.3. The molecular formula is C17H19FN4O. The summed E-state index contributed by atoms with van der Waals surface area (Å²) in [6, 6.07) is 6.61. The summed E-state index contributed by atoms with van der Waals surface area (Å²) in [5, 5.41) is 12.2. The van der Waals surface area contributed by atoms with Crippen LogP contribution < -0.4 is 5.32 Å². The molecule has 1 aromatic carbocycles. The first-order chi connectivity index (χ1) is 11.1. The van der Waals surface area contributed by atoms with E-state index >= 15 is 0 Å². The van der Waals surface area contributed by atoms with Crippen LogP contribution in [-0.2, 0) is 11.2 Å². The first kappa shape index (κ1) is 15.5. The van der Waals surface area contributed by atoms with E-state index in [1.165, 1.54) is 12.1 Å². The monoisotopic (exact) mass is 314 g/mol. The molecule has 120 valence electrons. The number of imidazole rings is 1. The van der Waals surface area contributed by atoms with Gasteiger partial charge in [0.1, 0.15) is 17.1 Å². The number of halogens is 1. The molecular weight excluding hydrogens is 295 g/mol. The number of hydrogen-bond donors (Lipinski definition) is 2. The van der Waals surface area contributed by atoms with E-state index in [9.17, 15) is 14.4 Å². The molecule has 2 aromatic rings. The maximum Gasteiger partial charge on any atom is 0.240 e. The number of nitrogens with one attached hydrogen (secondary N) is 2. The highest BCUT2D eigenvalue weighted by Crippen LogP contribution is 2.35. The van der Waals surface area contributed by atoms with Crippen molar-refractivity contribution >= 4 is 16.9 Å². The Bertz CT molecular complexity index is 756. The topological polar surface area (TPSA) is 81.6 Å². The SMILES string of the molecule is N#CC1(C(=O)NCCc2nc3ccc(F)cc3[nH]2)CCCCC1. The Kier molecular flexibility index (Phi) is 4.28. The number of nitrogens with zero attached hydrogens (tertiary/aromatic N) is 2. The van der Waals surface area contributed by atoms with E-state index in [1.54, 1.807) is 6.07 Å². The van der Waals surface area contributed by atoms with Crippen LogP contribution in [0.3, 0.4) is 0 Å². The number of carbonyl (C=O) groups excluding carboxylic acids is 1. The largest absolute Gasteiger partial charge is 0.354 e. The number of rotatable bonds is 4. The zero-order valence-corrected chi connectivity index (χ0v) is 12.9. The maximum absolute atomic E-state index is 13.2. The number of aromatic amines is 1. The lowest BCUT2D eigenvalue weighted by atomic mass is 9.74. The minimum atomic E-state index is -0.866. The average molecular weight is 314 g/mol. The second kappa shape index (κ2) is 6.37. The van der Waals surface area contributed by atoms with E-state index in [2.05, 4.69) is 21.4 Å². The third-order valence-corrected chi connectivity index (χ3v) is 4.50. The fourth-order valence-corrected chi connectivity index (χ4v) is 3.16. The van der Waals surface area contributed by atoms with Gasteiger partial charge < -0.3 is 10.3 Å². The van der Waals surface area contributed by atoms with Gasteiger partial charge >= 0.3 is 0 Å². The minimum absolute atomic E-state index is 0.179. The number of nitriles is 1. The van der Waals surface area contributed by atoms with Crippen molar-refractivity contribution in [1.29, 1.82) is 5.26 Å². The minimum Gasteiger partial charge on any atom is -0.354 e. The summed E-state index contributed by atoms with van der Waals surface area (Å²) in [6.45, 7) is 0.407. The molecule has 0 bridgehead atoms. The van der Waals surface area contributed by atoms with Gasteiger partial charge in [-0.15, -0.1) is 0 Å². The van der Waals surface area contributed by atoms with Gasteiger partial charge in [0, 0.05) is 13.0 Å². The molecule has 0 saturated heterocycles. The van der Waals surface area contributed by atoms with E-state index in [0.29, 0.717) is 42.7 Å². The fourth-order valence-electron chi connectivity index (χ4n) is 3.16. The summed E-state index contributed by atoms with van der Waals surface area (Å²) in [5.41, 5.74) is 0.482. The van der Waals surface area contributed by atoms with Gasteiger partial charge in [0.05, 0.1) is 17.1 Å². The van der Waals surface area contributed by atoms with Crippen LogP contribution in [0, 0.1) is 22.6 Å². The van der Waals surface area contributed by atoms with Crippen LogP contribution in [0.4, 0.5) is 4.39 Å². The lowest BCUT2D eigenvalue weighted by molar-refractivity contribution is -0.129. The van der Waals surface area contributed by atoms with E-state index in [0.717, 1.165) is 19.3 Å². The third-order valence-electron chi connectivity index (χ3n) is 4.50. The van der Waals surface area contributed by atoms with Crippen molar-refractivity contribution in [2.24, 2.45) is 5.41 Å². The molecule has 6 heteroatoms. The molecule has 5 nitrogen and oxygen atoms in total. The Morgan fingerprint density at radius 1 is 1.39 bits per heavy atom. The van der Waals surface area contributed by atoms with Gasteiger partial charge in [0.2, 0.25) is 5.91 Å². The molecule has 0 aliphatic heterocycles. The average Bonchev–Trinajstić information content (AvgIpc) is 2.97. The molecule has 0 unspecified atom stereocenters. The summed E-state index contributed by atoms with van der Waals surface area (Å²) in [6.07, 6.45) is 4.74. The summed E-state index contributed by atoms with van der Waals surface area (Å²) in [4.78, 5) is 19.8. The van der Waals surface area contributed by atoms with E-state index < -0.39 is 5.41 Å². The van der Waals surface area contributed by atoms with Crippen molar-refractivity contribution in [3.63, 3.8) is 0 Å². The molecule has 1 aliphatic rings. The standard InChI is InChI=1S/C17H19FN4O/c18-12-4-5-13-14(10-12)22-15(21-13)6-9-20-16(23)17(11-19)7-2-1-3-8-17/h4-5,10H,1-3,6-9H2,(H,20,23)(H,21,22). The second-order valence-electron chi connectivity index (χ2n) is 6.11. The van der Waals surface area contributed by atoms with Crippen molar-refractivity contribution in [3.8, 4) is 6.07 Å². The molecule has 1 heterocycles. The van der Waals surface area contributed by atoms with Crippen molar-refractivity contribution in [1.82, 2.24) is 15.3 Å². The first-order valence-electron chi connectivity index (χ1n) is 7.97. The van der Waals surface area contributed by atoms with Gasteiger partial charge in [0.15, 0.2) is 0 Å². The smallest absolute Gasteiger partial charge is 0.240 e. The predicted molar refractivity (Wildman–Crippen MR) is 83.9 cm³/mol. The number of hydrogen-bond acceptors (Lipinski definition) is 3. The third kappa shape index (κ3) is 3.19. The van der Waals surface area contributed by atoms with Crippen LogP contribution in [-0.4, -0.2) is 22.4 Å². The van der Waals surface area contributed by atoms with Crippen molar-refractivity contribution < 1.29 is 9.18 Å². The quantitative estimate of drug-likeness (QED) is 0.910.